The van der Waals surface area contributed by atoms with E-state index in [1.54, 1.807) is 6.20 Å². The lowest BCUT2D eigenvalue weighted by Gasteiger charge is -2.20. The predicted octanol–water partition coefficient (Wildman–Crippen LogP) is 3.55. The average Bonchev–Trinajstić information content (AvgIpc) is 3.08. The van der Waals surface area contributed by atoms with E-state index in [-0.39, 0.29) is 5.56 Å². The third kappa shape index (κ3) is 2.78. The largest absolute Gasteiger partial charge is 0.370 e. The summed E-state index contributed by atoms with van der Waals surface area (Å²) in [6.45, 7) is 6.42. The average molecular weight is 297 g/mol. The maximum atomic E-state index is 12.3. The maximum Gasteiger partial charge on any atom is 0.274 e. The minimum absolute atomic E-state index is 0.110. The van der Waals surface area contributed by atoms with Crippen molar-refractivity contribution in [3.05, 3.63) is 46.4 Å². The highest BCUT2D eigenvalue weighted by Crippen LogP contribution is 2.30. The van der Waals surface area contributed by atoms with Gasteiger partial charge in [0.2, 0.25) is 0 Å². The molecule has 1 fully saturated rings. The summed E-state index contributed by atoms with van der Waals surface area (Å²) in [6, 6.07) is 8.39. The Hall–Kier alpha value is -2.10. The Morgan fingerprint density at radius 2 is 1.91 bits per heavy atom. The Labute approximate surface area is 131 Å². The minimum atomic E-state index is -0.110. The summed E-state index contributed by atoms with van der Waals surface area (Å²) in [5, 5.41) is 6.57. The Morgan fingerprint density at radius 3 is 2.55 bits per heavy atom. The van der Waals surface area contributed by atoms with Crippen molar-refractivity contribution in [2.45, 2.75) is 39.0 Å². The lowest BCUT2D eigenvalue weighted by molar-refractivity contribution is 0.734. The van der Waals surface area contributed by atoms with Gasteiger partial charge >= 0.3 is 0 Å². The number of anilines is 1. The number of benzene rings is 1. The highest BCUT2D eigenvalue weighted by Gasteiger charge is 2.19. The van der Waals surface area contributed by atoms with Gasteiger partial charge in [-0.15, -0.1) is 0 Å². The summed E-state index contributed by atoms with van der Waals surface area (Å²) in [6.07, 6.45) is 5.26. The fourth-order valence-corrected chi connectivity index (χ4v) is 3.08. The van der Waals surface area contributed by atoms with Crippen molar-refractivity contribution < 1.29 is 0 Å². The van der Waals surface area contributed by atoms with Crippen LogP contribution in [0.15, 0.2) is 35.3 Å². The molecular formula is C18H23N3O. The summed E-state index contributed by atoms with van der Waals surface area (Å²) in [7, 11) is 0. The van der Waals surface area contributed by atoms with E-state index in [1.165, 1.54) is 18.4 Å². The van der Waals surface area contributed by atoms with Crippen LogP contribution in [-0.2, 0) is 0 Å². The van der Waals surface area contributed by atoms with Gasteiger partial charge in [0.15, 0.2) is 0 Å². The first-order chi connectivity index (χ1) is 10.7. The molecule has 0 unspecified atom stereocenters. The standard InChI is InChI=1S/C18H23N3O/c1-3-13(2)14-6-8-15(9-7-14)17-16(12-19-20-18(17)22)21-10-4-5-11-21/h6-9,12-13H,3-5,10-11H2,1-2H3,(H,20,22)/t13-/m1/s1. The summed E-state index contributed by atoms with van der Waals surface area (Å²) in [4.78, 5) is 14.6. The second-order valence-electron chi connectivity index (χ2n) is 6.08. The Bertz CT molecular complexity index is 684. The van der Waals surface area contributed by atoms with Crippen molar-refractivity contribution in [2.24, 2.45) is 0 Å². The molecule has 1 aromatic carbocycles. The predicted molar refractivity (Wildman–Crippen MR) is 90.4 cm³/mol. The smallest absolute Gasteiger partial charge is 0.274 e. The molecule has 2 aromatic rings. The molecule has 22 heavy (non-hydrogen) atoms. The molecular weight excluding hydrogens is 274 g/mol. The van der Waals surface area contributed by atoms with E-state index in [0.717, 1.165) is 36.3 Å². The van der Waals surface area contributed by atoms with Crippen LogP contribution in [0, 0.1) is 0 Å². The molecule has 1 saturated heterocycles. The number of nitrogens with zero attached hydrogens (tertiary/aromatic N) is 2. The van der Waals surface area contributed by atoms with Crippen molar-refractivity contribution in [2.75, 3.05) is 18.0 Å². The van der Waals surface area contributed by atoms with Crippen LogP contribution in [0.25, 0.3) is 11.1 Å². The zero-order valence-corrected chi connectivity index (χ0v) is 13.3. The third-order valence-corrected chi connectivity index (χ3v) is 4.66. The van der Waals surface area contributed by atoms with Crippen LogP contribution in [-0.4, -0.2) is 23.3 Å². The van der Waals surface area contributed by atoms with E-state index < -0.39 is 0 Å². The molecule has 1 N–H and O–H groups in total. The first kappa shape index (κ1) is 14.8. The lowest BCUT2D eigenvalue weighted by atomic mass is 9.96. The van der Waals surface area contributed by atoms with Gasteiger partial charge in [-0.25, -0.2) is 5.10 Å². The first-order valence-electron chi connectivity index (χ1n) is 8.13. The molecule has 0 saturated carbocycles. The van der Waals surface area contributed by atoms with E-state index in [1.807, 2.05) is 0 Å². The topological polar surface area (TPSA) is 49.0 Å². The first-order valence-corrected chi connectivity index (χ1v) is 8.13. The van der Waals surface area contributed by atoms with Gasteiger partial charge in [0.05, 0.1) is 17.4 Å². The molecule has 0 radical (unpaired) electrons. The van der Waals surface area contributed by atoms with Crippen molar-refractivity contribution in [3.63, 3.8) is 0 Å². The van der Waals surface area contributed by atoms with Crippen LogP contribution in [0.1, 0.15) is 44.6 Å². The number of aromatic nitrogens is 2. The molecule has 3 rings (SSSR count). The second kappa shape index (κ2) is 6.34. The monoisotopic (exact) mass is 297 g/mol. The van der Waals surface area contributed by atoms with Crippen LogP contribution in [0.3, 0.4) is 0 Å². The Morgan fingerprint density at radius 1 is 1.23 bits per heavy atom. The molecule has 0 amide bonds. The van der Waals surface area contributed by atoms with Crippen LogP contribution in [0.5, 0.6) is 0 Å². The molecule has 1 atom stereocenters. The summed E-state index contributed by atoms with van der Waals surface area (Å²) in [5.41, 5.74) is 3.88. The van der Waals surface area contributed by atoms with Gasteiger partial charge in [-0.1, -0.05) is 38.1 Å². The van der Waals surface area contributed by atoms with E-state index in [0.29, 0.717) is 5.92 Å². The number of rotatable bonds is 4. The molecule has 0 aliphatic carbocycles. The van der Waals surface area contributed by atoms with E-state index in [2.05, 4.69) is 53.2 Å². The molecule has 4 nitrogen and oxygen atoms in total. The number of hydrogen-bond acceptors (Lipinski definition) is 3. The van der Waals surface area contributed by atoms with Gasteiger partial charge in [0.1, 0.15) is 0 Å². The van der Waals surface area contributed by atoms with Gasteiger partial charge in [-0.3, -0.25) is 4.79 Å². The normalized spacial score (nSPS) is 16.0. The third-order valence-electron chi connectivity index (χ3n) is 4.66. The quantitative estimate of drug-likeness (QED) is 0.939. The second-order valence-corrected chi connectivity index (χ2v) is 6.08. The number of aromatic amines is 1. The van der Waals surface area contributed by atoms with E-state index in [4.69, 9.17) is 0 Å². The number of hydrogen-bond donors (Lipinski definition) is 1. The fraction of sp³-hybridized carbons (Fsp3) is 0.444. The maximum absolute atomic E-state index is 12.3. The molecule has 0 bridgehead atoms. The van der Waals surface area contributed by atoms with Crippen LogP contribution >= 0.6 is 0 Å². The van der Waals surface area contributed by atoms with Gasteiger partial charge in [-0.2, -0.15) is 5.10 Å². The van der Waals surface area contributed by atoms with Gasteiger partial charge in [0, 0.05) is 13.1 Å². The molecule has 1 aromatic heterocycles. The molecule has 4 heteroatoms. The van der Waals surface area contributed by atoms with Crippen molar-refractivity contribution in [1.29, 1.82) is 0 Å². The Kier molecular flexibility index (Phi) is 4.27. The van der Waals surface area contributed by atoms with Gasteiger partial charge in [0.25, 0.3) is 5.56 Å². The van der Waals surface area contributed by atoms with Gasteiger partial charge in [-0.05, 0) is 36.3 Å². The van der Waals surface area contributed by atoms with E-state index >= 15 is 0 Å². The van der Waals surface area contributed by atoms with E-state index in [9.17, 15) is 4.79 Å². The summed E-state index contributed by atoms with van der Waals surface area (Å²) < 4.78 is 0. The fourth-order valence-electron chi connectivity index (χ4n) is 3.08. The zero-order chi connectivity index (χ0) is 15.5. The zero-order valence-electron chi connectivity index (χ0n) is 13.3. The highest BCUT2D eigenvalue weighted by molar-refractivity contribution is 5.77. The van der Waals surface area contributed by atoms with Crippen molar-refractivity contribution in [1.82, 2.24) is 10.2 Å². The molecule has 1 aliphatic heterocycles. The van der Waals surface area contributed by atoms with Crippen molar-refractivity contribution in [3.8, 4) is 11.1 Å². The van der Waals surface area contributed by atoms with Crippen molar-refractivity contribution >= 4 is 5.69 Å². The molecule has 116 valence electrons. The number of nitrogens with one attached hydrogen (secondary N) is 1. The van der Waals surface area contributed by atoms with Gasteiger partial charge < -0.3 is 4.90 Å². The lowest BCUT2D eigenvalue weighted by Crippen LogP contribution is -2.23. The molecule has 1 aliphatic rings. The summed E-state index contributed by atoms with van der Waals surface area (Å²) in [5.74, 6) is 0.544. The SMILES string of the molecule is CC[C@@H](C)c1ccc(-c2c(N3CCCC3)cn[nH]c2=O)cc1. The van der Waals surface area contributed by atoms with Crippen LogP contribution in [0.4, 0.5) is 5.69 Å². The van der Waals surface area contributed by atoms with Crippen LogP contribution in [0.2, 0.25) is 0 Å². The highest BCUT2D eigenvalue weighted by atomic mass is 16.1. The molecule has 2 heterocycles. The minimum Gasteiger partial charge on any atom is -0.370 e. The Balaban J connectivity index is 2.02. The van der Waals surface area contributed by atoms with Crippen LogP contribution < -0.4 is 10.5 Å². The summed E-state index contributed by atoms with van der Waals surface area (Å²) >= 11 is 0. The number of H-pyrrole nitrogens is 1. The molecule has 0 spiro atoms.